The average molecular weight is 531 g/mol. The number of carbonyl (C=O) groups excluding carboxylic acids is 2. The minimum atomic E-state index is -4.65. The lowest BCUT2D eigenvalue weighted by Gasteiger charge is -2.15. The van der Waals surface area contributed by atoms with E-state index in [1.165, 1.54) is 29.4 Å². The SMILES string of the molecule is Cc1ccc(NC(=O)c2cc(-n3ccnc3)cc(C(F)(F)F)c2)cc1-c1cncc2c(NC(N)=O)cccc12. The lowest BCUT2D eigenvalue weighted by Crippen LogP contribution is -2.19. The third-order valence-corrected chi connectivity index (χ3v) is 6.16. The van der Waals surface area contributed by atoms with Gasteiger partial charge in [0.25, 0.3) is 5.91 Å². The van der Waals surface area contributed by atoms with Crippen molar-refractivity contribution in [3.05, 3.63) is 102 Å². The summed E-state index contributed by atoms with van der Waals surface area (Å²) in [6.45, 7) is 1.88. The second-order valence-electron chi connectivity index (χ2n) is 8.80. The minimum absolute atomic E-state index is 0.152. The third-order valence-electron chi connectivity index (χ3n) is 6.16. The largest absolute Gasteiger partial charge is 0.416 e. The molecule has 0 aliphatic heterocycles. The second kappa shape index (κ2) is 9.93. The maximum absolute atomic E-state index is 13.6. The predicted octanol–water partition coefficient (Wildman–Crippen LogP) is 6.16. The number of aryl methyl sites for hydroxylation is 1. The summed E-state index contributed by atoms with van der Waals surface area (Å²) in [6, 6.07) is 12.9. The molecule has 0 radical (unpaired) electrons. The number of anilines is 2. The number of hydrogen-bond acceptors (Lipinski definition) is 4. The van der Waals surface area contributed by atoms with Crippen molar-refractivity contribution in [2.75, 3.05) is 10.6 Å². The van der Waals surface area contributed by atoms with Crippen molar-refractivity contribution >= 4 is 34.1 Å². The molecule has 0 spiro atoms. The van der Waals surface area contributed by atoms with Crippen LogP contribution in [-0.2, 0) is 6.18 Å². The van der Waals surface area contributed by atoms with Gasteiger partial charge in [-0.15, -0.1) is 0 Å². The molecule has 3 amide bonds. The van der Waals surface area contributed by atoms with Gasteiger partial charge in [-0.05, 0) is 59.8 Å². The number of nitrogens with one attached hydrogen (secondary N) is 2. The van der Waals surface area contributed by atoms with Gasteiger partial charge in [0.15, 0.2) is 0 Å². The number of urea groups is 1. The first-order valence-corrected chi connectivity index (χ1v) is 11.7. The highest BCUT2D eigenvalue weighted by Gasteiger charge is 2.32. The molecule has 0 atom stereocenters. The van der Waals surface area contributed by atoms with Gasteiger partial charge >= 0.3 is 12.2 Å². The zero-order valence-electron chi connectivity index (χ0n) is 20.5. The number of carbonyl (C=O) groups is 2. The van der Waals surface area contributed by atoms with Crippen LogP contribution >= 0.6 is 0 Å². The van der Waals surface area contributed by atoms with Crippen LogP contribution in [0, 0.1) is 6.92 Å². The monoisotopic (exact) mass is 530 g/mol. The highest BCUT2D eigenvalue weighted by atomic mass is 19.4. The fourth-order valence-electron chi connectivity index (χ4n) is 4.31. The summed E-state index contributed by atoms with van der Waals surface area (Å²) in [5.41, 5.74) is 7.55. The van der Waals surface area contributed by atoms with E-state index in [2.05, 4.69) is 20.6 Å². The fourth-order valence-corrected chi connectivity index (χ4v) is 4.31. The van der Waals surface area contributed by atoms with Crippen molar-refractivity contribution in [3.63, 3.8) is 0 Å². The van der Waals surface area contributed by atoms with Crippen LogP contribution in [0.5, 0.6) is 0 Å². The molecule has 0 bridgehead atoms. The standard InChI is InChI=1S/C28H21F3N6O2/c1-16-5-6-19(12-22(16)23-13-34-14-24-21(23)3-2-4-25(24)36-27(32)39)35-26(38)17-9-18(28(29,30)31)11-20(10-17)37-8-7-33-15-37/h2-15H,1H3,(H,35,38)(H3,32,36,39). The van der Waals surface area contributed by atoms with E-state index in [1.54, 1.807) is 42.7 Å². The summed E-state index contributed by atoms with van der Waals surface area (Å²) >= 11 is 0. The third kappa shape index (κ3) is 5.28. The van der Waals surface area contributed by atoms with Crippen molar-refractivity contribution in [1.82, 2.24) is 14.5 Å². The van der Waals surface area contributed by atoms with Gasteiger partial charge in [0.2, 0.25) is 0 Å². The molecule has 11 heteroatoms. The molecule has 0 aliphatic carbocycles. The number of fused-ring (bicyclic) bond motifs is 1. The van der Waals surface area contributed by atoms with Crippen LogP contribution in [0.3, 0.4) is 0 Å². The number of halogens is 3. The molecule has 2 aromatic heterocycles. The predicted molar refractivity (Wildman–Crippen MR) is 142 cm³/mol. The Morgan fingerprint density at radius 2 is 1.74 bits per heavy atom. The lowest BCUT2D eigenvalue weighted by molar-refractivity contribution is -0.137. The number of rotatable bonds is 5. The molecule has 0 aliphatic rings. The van der Waals surface area contributed by atoms with E-state index < -0.39 is 23.7 Å². The van der Waals surface area contributed by atoms with Gasteiger partial charge < -0.3 is 20.9 Å². The lowest BCUT2D eigenvalue weighted by atomic mass is 9.96. The summed E-state index contributed by atoms with van der Waals surface area (Å²) in [5.74, 6) is -0.707. The van der Waals surface area contributed by atoms with E-state index in [0.717, 1.165) is 34.2 Å². The van der Waals surface area contributed by atoms with Crippen LogP contribution in [-0.4, -0.2) is 26.5 Å². The molecule has 39 heavy (non-hydrogen) atoms. The maximum atomic E-state index is 13.6. The molecule has 0 unspecified atom stereocenters. The molecule has 2 heterocycles. The summed E-state index contributed by atoms with van der Waals surface area (Å²) in [5, 5.41) is 6.74. The van der Waals surface area contributed by atoms with Crippen molar-refractivity contribution in [1.29, 1.82) is 0 Å². The molecule has 4 N–H and O–H groups in total. The summed E-state index contributed by atoms with van der Waals surface area (Å²) in [7, 11) is 0. The van der Waals surface area contributed by atoms with Gasteiger partial charge in [0, 0.05) is 52.7 Å². The van der Waals surface area contributed by atoms with Crippen LogP contribution in [0.25, 0.3) is 27.6 Å². The van der Waals surface area contributed by atoms with Crippen LogP contribution in [0.1, 0.15) is 21.5 Å². The molecule has 5 rings (SSSR count). The maximum Gasteiger partial charge on any atom is 0.416 e. The number of hydrogen-bond donors (Lipinski definition) is 3. The average Bonchev–Trinajstić information content (AvgIpc) is 3.44. The quantitative estimate of drug-likeness (QED) is 0.253. The Morgan fingerprint density at radius 3 is 2.46 bits per heavy atom. The summed E-state index contributed by atoms with van der Waals surface area (Å²) in [6.07, 6.45) is 2.90. The first kappa shape index (κ1) is 25.5. The van der Waals surface area contributed by atoms with E-state index in [1.807, 2.05) is 13.0 Å². The Balaban J connectivity index is 1.52. The topological polar surface area (TPSA) is 115 Å². The van der Waals surface area contributed by atoms with Crippen molar-refractivity contribution in [3.8, 4) is 16.8 Å². The van der Waals surface area contributed by atoms with E-state index in [0.29, 0.717) is 16.8 Å². The van der Waals surface area contributed by atoms with E-state index in [4.69, 9.17) is 5.73 Å². The second-order valence-corrected chi connectivity index (χ2v) is 8.80. The number of amides is 3. The smallest absolute Gasteiger partial charge is 0.351 e. The van der Waals surface area contributed by atoms with E-state index >= 15 is 0 Å². The Hall–Kier alpha value is -5.19. The number of benzene rings is 3. The molecular weight excluding hydrogens is 509 g/mol. The van der Waals surface area contributed by atoms with Gasteiger partial charge in [-0.2, -0.15) is 13.2 Å². The van der Waals surface area contributed by atoms with E-state index in [-0.39, 0.29) is 11.3 Å². The molecule has 0 saturated carbocycles. The van der Waals surface area contributed by atoms with Crippen molar-refractivity contribution in [2.24, 2.45) is 5.73 Å². The normalized spacial score (nSPS) is 11.4. The molecule has 0 fully saturated rings. The number of alkyl halides is 3. The Labute approximate surface area is 220 Å². The van der Waals surface area contributed by atoms with Gasteiger partial charge in [0.05, 0.1) is 17.6 Å². The molecule has 196 valence electrons. The van der Waals surface area contributed by atoms with E-state index in [9.17, 15) is 22.8 Å². The molecule has 0 saturated heterocycles. The number of primary amides is 1. The van der Waals surface area contributed by atoms with Crippen molar-refractivity contribution < 1.29 is 22.8 Å². The van der Waals surface area contributed by atoms with Gasteiger partial charge in [-0.1, -0.05) is 18.2 Å². The van der Waals surface area contributed by atoms with Crippen LogP contribution in [0.4, 0.5) is 29.3 Å². The Morgan fingerprint density at radius 1 is 0.923 bits per heavy atom. The Bertz CT molecular complexity index is 1720. The minimum Gasteiger partial charge on any atom is -0.351 e. The zero-order chi connectivity index (χ0) is 27.7. The number of nitrogens with two attached hydrogens (primary N) is 1. The van der Waals surface area contributed by atoms with Gasteiger partial charge in [-0.3, -0.25) is 9.78 Å². The highest BCUT2D eigenvalue weighted by molar-refractivity contribution is 6.08. The van der Waals surface area contributed by atoms with Crippen LogP contribution in [0.2, 0.25) is 0 Å². The number of imidazole rings is 1. The highest BCUT2D eigenvalue weighted by Crippen LogP contribution is 2.35. The fraction of sp³-hybridized carbons (Fsp3) is 0.0714. The molecule has 5 aromatic rings. The van der Waals surface area contributed by atoms with Crippen molar-refractivity contribution in [2.45, 2.75) is 13.1 Å². The molecular formula is C28H21F3N6O2. The van der Waals surface area contributed by atoms with Gasteiger partial charge in [-0.25, -0.2) is 9.78 Å². The first-order valence-electron chi connectivity index (χ1n) is 11.7. The summed E-state index contributed by atoms with van der Waals surface area (Å²) < 4.78 is 42.2. The first-order chi connectivity index (χ1) is 18.6. The zero-order valence-corrected chi connectivity index (χ0v) is 20.5. The number of aromatic nitrogens is 3. The number of pyridine rings is 1. The van der Waals surface area contributed by atoms with Crippen LogP contribution in [0.15, 0.2) is 85.7 Å². The van der Waals surface area contributed by atoms with Gasteiger partial charge in [0.1, 0.15) is 0 Å². The number of nitrogens with zero attached hydrogens (tertiary/aromatic N) is 3. The summed E-state index contributed by atoms with van der Waals surface area (Å²) in [4.78, 5) is 32.8. The van der Waals surface area contributed by atoms with Crippen LogP contribution < -0.4 is 16.4 Å². The molecule has 3 aromatic carbocycles. The Kier molecular flexibility index (Phi) is 6.48. The molecule has 8 nitrogen and oxygen atoms in total.